The molecule has 7 heteroatoms. The van der Waals surface area contributed by atoms with E-state index < -0.39 is 11.9 Å². The number of aliphatic carboxylic acids is 2. The summed E-state index contributed by atoms with van der Waals surface area (Å²) in [6.07, 6.45) is 1.79. The van der Waals surface area contributed by atoms with Crippen LogP contribution in [0.15, 0.2) is 24.4 Å². The van der Waals surface area contributed by atoms with Crippen LogP contribution in [-0.2, 0) is 30.7 Å². The largest absolute Gasteiger partial charge is 2.00 e. The summed E-state index contributed by atoms with van der Waals surface area (Å²) in [7, 11) is 0. The summed E-state index contributed by atoms with van der Waals surface area (Å²) < 4.78 is 0. The maximum absolute atomic E-state index is 8.89. The number of aryl methyl sites for hydroxylation is 1. The number of hydrogen-bond donors (Lipinski definition) is 1. The molecular formula is C10H16N2O4Pt. The Labute approximate surface area is 115 Å². The summed E-state index contributed by atoms with van der Waals surface area (Å²) in [6.45, 7) is 3.92. The van der Waals surface area contributed by atoms with Crippen LogP contribution in [-0.4, -0.2) is 16.9 Å². The number of nitrogens with zero attached hydrogens (tertiary/aromatic N) is 1. The molecule has 3 N–H and O–H groups in total. The quantitative estimate of drug-likeness (QED) is 0.574. The Kier molecular flexibility index (Phi) is 25.0. The van der Waals surface area contributed by atoms with Gasteiger partial charge in [0.1, 0.15) is 0 Å². The van der Waals surface area contributed by atoms with E-state index in [1.165, 1.54) is 0 Å². The summed E-state index contributed by atoms with van der Waals surface area (Å²) in [4.78, 5) is 21.8. The molecule has 0 unspecified atom stereocenters. The van der Waals surface area contributed by atoms with Crippen molar-refractivity contribution in [3.8, 4) is 0 Å². The fourth-order valence-corrected chi connectivity index (χ4v) is 0.448. The van der Waals surface area contributed by atoms with Crippen molar-refractivity contribution in [3.63, 3.8) is 0 Å². The van der Waals surface area contributed by atoms with Gasteiger partial charge in [-0.25, -0.2) is 0 Å². The van der Waals surface area contributed by atoms with Crippen molar-refractivity contribution in [1.29, 1.82) is 0 Å². The Morgan fingerprint density at radius 1 is 1.12 bits per heavy atom. The average molecular weight is 423 g/mol. The minimum Gasteiger partial charge on any atom is -0.550 e. The minimum absolute atomic E-state index is 0. The van der Waals surface area contributed by atoms with E-state index in [-0.39, 0.29) is 27.2 Å². The van der Waals surface area contributed by atoms with Crippen molar-refractivity contribution in [3.05, 3.63) is 30.1 Å². The molecule has 0 saturated carbocycles. The number of carboxylic acids is 2. The third-order valence-corrected chi connectivity index (χ3v) is 0.813. The van der Waals surface area contributed by atoms with Gasteiger partial charge in [0.2, 0.25) is 0 Å². The van der Waals surface area contributed by atoms with Gasteiger partial charge in [0.25, 0.3) is 0 Å². The number of rotatable bonds is 0. The molecule has 0 aromatic carbocycles. The van der Waals surface area contributed by atoms with Crippen LogP contribution in [0.1, 0.15) is 19.5 Å². The van der Waals surface area contributed by atoms with Gasteiger partial charge in [-0.05, 0) is 32.9 Å². The molecule has 0 bridgehead atoms. The van der Waals surface area contributed by atoms with Crippen LogP contribution in [0.5, 0.6) is 0 Å². The van der Waals surface area contributed by atoms with Gasteiger partial charge >= 0.3 is 21.1 Å². The van der Waals surface area contributed by atoms with Crippen LogP contribution >= 0.6 is 0 Å². The van der Waals surface area contributed by atoms with Gasteiger partial charge in [-0.1, -0.05) is 6.07 Å². The summed E-state index contributed by atoms with van der Waals surface area (Å²) >= 11 is 0. The molecule has 0 atom stereocenters. The molecule has 0 amide bonds. The van der Waals surface area contributed by atoms with Crippen molar-refractivity contribution >= 4 is 11.9 Å². The Bertz CT molecular complexity index is 274. The van der Waals surface area contributed by atoms with Gasteiger partial charge in [0, 0.05) is 23.8 Å². The van der Waals surface area contributed by atoms with E-state index in [9.17, 15) is 0 Å². The van der Waals surface area contributed by atoms with Crippen molar-refractivity contribution in [2.75, 3.05) is 0 Å². The molecule has 0 aliphatic carbocycles. The topological polar surface area (TPSA) is 128 Å². The molecule has 1 rings (SSSR count). The first-order valence-electron chi connectivity index (χ1n) is 4.09. The molecule has 0 aliphatic rings. The molecule has 1 aromatic rings. The number of carbonyl (C=O) groups is 2. The Hall–Kier alpha value is -1.26. The van der Waals surface area contributed by atoms with E-state index >= 15 is 0 Å². The van der Waals surface area contributed by atoms with Crippen LogP contribution in [0.4, 0.5) is 0 Å². The second-order valence-corrected chi connectivity index (χ2v) is 2.45. The van der Waals surface area contributed by atoms with Gasteiger partial charge in [-0.15, -0.1) is 0 Å². The van der Waals surface area contributed by atoms with Gasteiger partial charge in [0.05, 0.1) is 0 Å². The zero-order chi connectivity index (χ0) is 12.3. The van der Waals surface area contributed by atoms with Crippen LogP contribution in [0.3, 0.4) is 0 Å². The predicted molar refractivity (Wildman–Crippen MR) is 55.4 cm³/mol. The summed E-state index contributed by atoms with van der Waals surface area (Å²) in [5.41, 5.74) is 1.07. The van der Waals surface area contributed by atoms with E-state index in [1.807, 2.05) is 25.1 Å². The SMILES string of the molecule is CC(=O)[O-].CC(=O)[O-].Cc1ccccn1.N.[Pt+2]. The van der Waals surface area contributed by atoms with E-state index in [4.69, 9.17) is 19.8 Å². The van der Waals surface area contributed by atoms with Gasteiger partial charge in [-0.2, -0.15) is 0 Å². The molecule has 0 fully saturated rings. The normalized spacial score (nSPS) is 6.53. The smallest absolute Gasteiger partial charge is 0.550 e. The fourth-order valence-electron chi connectivity index (χ4n) is 0.448. The molecule has 0 radical (unpaired) electrons. The second kappa shape index (κ2) is 17.1. The first-order chi connectivity index (χ1) is 6.86. The molecule has 0 saturated heterocycles. The number of carbonyl (C=O) groups excluding carboxylic acids is 2. The predicted octanol–water partition coefficient (Wildman–Crippen LogP) is -0.938. The second-order valence-electron chi connectivity index (χ2n) is 2.45. The average Bonchev–Trinajstić information content (AvgIpc) is 2.03. The van der Waals surface area contributed by atoms with Crippen molar-refractivity contribution < 1.29 is 40.9 Å². The maximum Gasteiger partial charge on any atom is 2.00 e. The molecule has 100 valence electrons. The number of hydrogen-bond acceptors (Lipinski definition) is 6. The van der Waals surface area contributed by atoms with E-state index in [0.29, 0.717) is 0 Å². The van der Waals surface area contributed by atoms with Gasteiger partial charge < -0.3 is 26.0 Å². The zero-order valence-electron chi connectivity index (χ0n) is 9.91. The van der Waals surface area contributed by atoms with Crippen LogP contribution in [0.25, 0.3) is 0 Å². The van der Waals surface area contributed by atoms with Crippen LogP contribution in [0.2, 0.25) is 0 Å². The zero-order valence-corrected chi connectivity index (χ0v) is 12.2. The summed E-state index contributed by atoms with van der Waals surface area (Å²) in [6, 6.07) is 5.86. The standard InChI is InChI=1S/C6H7N.2C2H4O2.H3N.Pt/c1-6-4-2-3-5-7-6;2*1-2(3)4;;/h2-5H,1H3;2*1H3,(H,3,4);1H3;/q;;;;+2/p-2. The van der Waals surface area contributed by atoms with Crippen molar-refractivity contribution in [2.45, 2.75) is 20.8 Å². The molecular weight excluding hydrogens is 407 g/mol. The van der Waals surface area contributed by atoms with Crippen molar-refractivity contribution in [2.24, 2.45) is 0 Å². The van der Waals surface area contributed by atoms with Gasteiger partial charge in [-0.3, -0.25) is 4.98 Å². The number of pyridine rings is 1. The van der Waals surface area contributed by atoms with E-state index in [1.54, 1.807) is 6.20 Å². The van der Waals surface area contributed by atoms with E-state index in [2.05, 4.69) is 4.98 Å². The van der Waals surface area contributed by atoms with Gasteiger partial charge in [0.15, 0.2) is 0 Å². The summed E-state index contributed by atoms with van der Waals surface area (Å²) in [5, 5.41) is 17.8. The molecule has 0 spiro atoms. The maximum atomic E-state index is 8.89. The first-order valence-corrected chi connectivity index (χ1v) is 4.09. The first kappa shape index (κ1) is 24.8. The third kappa shape index (κ3) is 52.7. The molecule has 0 aliphatic heterocycles. The Balaban J connectivity index is -0.0000000755. The van der Waals surface area contributed by atoms with Crippen LogP contribution < -0.4 is 16.4 Å². The summed E-state index contributed by atoms with van der Waals surface area (Å²) in [5.74, 6) is -2.17. The van der Waals surface area contributed by atoms with E-state index in [0.717, 1.165) is 19.5 Å². The molecule has 6 nitrogen and oxygen atoms in total. The number of aromatic nitrogens is 1. The molecule has 17 heavy (non-hydrogen) atoms. The van der Waals surface area contributed by atoms with Crippen molar-refractivity contribution in [1.82, 2.24) is 11.1 Å². The fraction of sp³-hybridized carbons (Fsp3) is 0.300. The Morgan fingerprint density at radius 3 is 1.59 bits per heavy atom. The molecule has 1 heterocycles. The monoisotopic (exact) mass is 423 g/mol. The third-order valence-electron chi connectivity index (χ3n) is 0.813. The molecule has 1 aromatic heterocycles. The Morgan fingerprint density at radius 2 is 1.47 bits per heavy atom. The minimum atomic E-state index is -1.08. The number of carboxylic acid groups (broad SMARTS) is 2. The van der Waals surface area contributed by atoms with Crippen LogP contribution in [0, 0.1) is 6.92 Å².